The molecule has 4 N–H and O–H groups in total. The summed E-state index contributed by atoms with van der Waals surface area (Å²) in [5.74, 6) is -1.29. The van der Waals surface area contributed by atoms with Crippen molar-refractivity contribution in [2.24, 2.45) is 5.73 Å². The summed E-state index contributed by atoms with van der Waals surface area (Å²) in [6, 6.07) is 11.5. The Morgan fingerprint density at radius 3 is 2.36 bits per heavy atom. The van der Waals surface area contributed by atoms with E-state index >= 15 is 0 Å². The van der Waals surface area contributed by atoms with Gasteiger partial charge in [0.1, 0.15) is 18.0 Å². The third-order valence-corrected chi connectivity index (χ3v) is 3.65. The van der Waals surface area contributed by atoms with Crippen molar-refractivity contribution in [1.82, 2.24) is 0 Å². The number of carbonyl (C=O) groups is 2. The van der Waals surface area contributed by atoms with E-state index in [1.807, 2.05) is 0 Å². The highest BCUT2D eigenvalue weighted by Crippen LogP contribution is 2.22. The molecule has 2 unspecified atom stereocenters. The molecule has 0 saturated heterocycles. The highest BCUT2D eigenvalue weighted by Gasteiger charge is 2.18. The first-order chi connectivity index (χ1) is 11.9. The predicted molar refractivity (Wildman–Crippen MR) is 93.5 cm³/mol. The van der Waals surface area contributed by atoms with Gasteiger partial charge in [-0.2, -0.15) is 0 Å². The molecule has 2 rings (SSSR count). The molecule has 0 spiro atoms. The van der Waals surface area contributed by atoms with Crippen LogP contribution in [0.1, 0.15) is 18.5 Å². The van der Waals surface area contributed by atoms with Gasteiger partial charge in [-0.15, -0.1) is 0 Å². The Morgan fingerprint density at radius 1 is 1.12 bits per heavy atom. The van der Waals surface area contributed by atoms with Crippen molar-refractivity contribution in [1.29, 1.82) is 0 Å². The van der Waals surface area contributed by atoms with Gasteiger partial charge < -0.3 is 21.1 Å². The quantitative estimate of drug-likeness (QED) is 0.718. The number of nitrogens with two attached hydrogens (primary N) is 1. The molecule has 0 saturated carbocycles. The van der Waals surface area contributed by atoms with E-state index in [1.54, 1.807) is 31.2 Å². The van der Waals surface area contributed by atoms with Crippen LogP contribution in [0.3, 0.4) is 0 Å². The number of hydrogen-bond donors (Lipinski definition) is 3. The van der Waals surface area contributed by atoms with Gasteiger partial charge in [0.2, 0.25) is 5.91 Å². The molecular formula is C18H20FN3O3. The minimum atomic E-state index is -0.829. The molecule has 0 radical (unpaired) electrons. The molecule has 0 heterocycles. The number of hydrogen-bond acceptors (Lipinski definition) is 4. The van der Waals surface area contributed by atoms with Crippen LogP contribution >= 0.6 is 0 Å². The van der Waals surface area contributed by atoms with Crippen LogP contribution in [-0.4, -0.2) is 25.0 Å². The van der Waals surface area contributed by atoms with Gasteiger partial charge in [0, 0.05) is 18.5 Å². The average Bonchev–Trinajstić information content (AvgIpc) is 2.60. The summed E-state index contributed by atoms with van der Waals surface area (Å²) in [5, 5.41) is 5.70. The Kier molecular flexibility index (Phi) is 6.08. The van der Waals surface area contributed by atoms with Crippen LogP contribution < -0.4 is 16.4 Å². The molecule has 0 aliphatic heterocycles. The fourth-order valence-corrected chi connectivity index (χ4v) is 2.18. The first kappa shape index (κ1) is 18.4. The lowest BCUT2D eigenvalue weighted by Crippen LogP contribution is -2.28. The van der Waals surface area contributed by atoms with E-state index in [1.165, 1.54) is 31.4 Å². The third kappa shape index (κ3) is 5.02. The Morgan fingerprint density at radius 2 is 1.76 bits per heavy atom. The van der Waals surface area contributed by atoms with Gasteiger partial charge in [-0.1, -0.05) is 18.2 Å². The third-order valence-electron chi connectivity index (χ3n) is 3.65. The van der Waals surface area contributed by atoms with E-state index in [9.17, 15) is 14.0 Å². The Balaban J connectivity index is 2.17. The lowest BCUT2D eigenvalue weighted by molar-refractivity contribution is -0.124. The molecule has 0 fully saturated rings. The fraction of sp³-hybridized carbons (Fsp3) is 0.222. The summed E-state index contributed by atoms with van der Waals surface area (Å²) in [6.07, 6.45) is -0.589. The van der Waals surface area contributed by atoms with E-state index in [0.717, 1.165) is 0 Å². The Labute approximate surface area is 145 Å². The first-order valence-electron chi connectivity index (χ1n) is 7.65. The summed E-state index contributed by atoms with van der Waals surface area (Å²) < 4.78 is 18.0. The summed E-state index contributed by atoms with van der Waals surface area (Å²) in [7, 11) is 1.45. The van der Waals surface area contributed by atoms with Crippen molar-refractivity contribution in [2.75, 3.05) is 17.7 Å². The molecular weight excluding hydrogens is 325 g/mol. The van der Waals surface area contributed by atoms with Gasteiger partial charge >= 0.3 is 0 Å². The van der Waals surface area contributed by atoms with E-state index in [0.29, 0.717) is 16.9 Å². The van der Waals surface area contributed by atoms with Crippen molar-refractivity contribution < 1.29 is 18.7 Å². The van der Waals surface area contributed by atoms with Gasteiger partial charge in [0.05, 0.1) is 0 Å². The lowest BCUT2D eigenvalue weighted by atomic mass is 10.1. The number of nitrogens with one attached hydrogen (secondary N) is 2. The highest BCUT2D eigenvalue weighted by molar-refractivity contribution is 5.94. The smallest absolute Gasteiger partial charge is 0.253 e. The van der Waals surface area contributed by atoms with Crippen molar-refractivity contribution in [3.05, 3.63) is 59.9 Å². The zero-order valence-corrected chi connectivity index (χ0v) is 14.0. The number of carbonyl (C=O) groups excluding carboxylic acids is 2. The predicted octanol–water partition coefficient (Wildman–Crippen LogP) is 2.44. The maximum Gasteiger partial charge on any atom is 0.253 e. The van der Waals surface area contributed by atoms with E-state index in [2.05, 4.69) is 10.6 Å². The van der Waals surface area contributed by atoms with Crippen molar-refractivity contribution in [3.63, 3.8) is 0 Å². The Hall–Kier alpha value is -2.93. The minimum Gasteiger partial charge on any atom is -0.372 e. The molecule has 7 heteroatoms. The number of halogens is 1. The number of primary amides is 1. The maximum atomic E-state index is 13.1. The zero-order valence-electron chi connectivity index (χ0n) is 14.0. The van der Waals surface area contributed by atoms with Crippen molar-refractivity contribution in [3.8, 4) is 0 Å². The summed E-state index contributed by atoms with van der Waals surface area (Å²) in [6.45, 7) is 1.63. The molecule has 2 aromatic carbocycles. The van der Waals surface area contributed by atoms with Crippen LogP contribution in [0.2, 0.25) is 0 Å². The monoisotopic (exact) mass is 345 g/mol. The summed E-state index contributed by atoms with van der Waals surface area (Å²) in [5.41, 5.74) is 7.11. The average molecular weight is 345 g/mol. The van der Waals surface area contributed by atoms with E-state index in [-0.39, 0.29) is 5.91 Å². The molecule has 2 amide bonds. The van der Waals surface area contributed by atoms with Crippen LogP contribution in [0.25, 0.3) is 0 Å². The minimum absolute atomic E-state index is 0.287. The molecule has 132 valence electrons. The molecule has 0 bridgehead atoms. The number of benzene rings is 2. The second kappa shape index (κ2) is 8.25. The largest absolute Gasteiger partial charge is 0.372 e. The molecule has 0 aromatic heterocycles. The summed E-state index contributed by atoms with van der Waals surface area (Å²) >= 11 is 0. The molecule has 6 nitrogen and oxygen atoms in total. The highest BCUT2D eigenvalue weighted by atomic mass is 19.1. The van der Waals surface area contributed by atoms with Gasteiger partial charge in [-0.05, 0) is 42.8 Å². The molecule has 0 aliphatic rings. The van der Waals surface area contributed by atoms with Crippen LogP contribution in [-0.2, 0) is 14.3 Å². The fourth-order valence-electron chi connectivity index (χ4n) is 2.18. The number of rotatable bonds is 7. The molecule has 25 heavy (non-hydrogen) atoms. The number of anilines is 2. The lowest BCUT2D eigenvalue weighted by Gasteiger charge is -2.18. The Bertz CT molecular complexity index is 749. The number of ether oxygens (including phenoxy) is 1. The number of methoxy groups -OCH3 is 1. The van der Waals surface area contributed by atoms with Gasteiger partial charge in [0.25, 0.3) is 5.91 Å². The van der Waals surface area contributed by atoms with Crippen LogP contribution in [0.4, 0.5) is 15.8 Å². The normalized spacial score (nSPS) is 12.9. The number of amides is 2. The van der Waals surface area contributed by atoms with Crippen molar-refractivity contribution in [2.45, 2.75) is 19.1 Å². The standard InChI is InChI=1S/C18H20FN3O3/c1-11(25-2)18(24)22-15-5-3-4-14(10-15)21-16(17(20)23)12-6-8-13(19)9-7-12/h3-11,16,21H,1-2H3,(H2,20,23)(H,22,24). The molecule has 0 aliphatic carbocycles. The molecule has 2 aromatic rings. The van der Waals surface area contributed by atoms with Gasteiger partial charge in [0.15, 0.2) is 0 Å². The van der Waals surface area contributed by atoms with Crippen molar-refractivity contribution >= 4 is 23.2 Å². The topological polar surface area (TPSA) is 93.4 Å². The van der Waals surface area contributed by atoms with Crippen LogP contribution in [0.5, 0.6) is 0 Å². The first-order valence-corrected chi connectivity index (χ1v) is 7.65. The van der Waals surface area contributed by atoms with Gasteiger partial charge in [-0.3, -0.25) is 9.59 Å². The van der Waals surface area contributed by atoms with Crippen LogP contribution in [0, 0.1) is 5.82 Å². The SMILES string of the molecule is COC(C)C(=O)Nc1cccc(NC(C(N)=O)c2ccc(F)cc2)c1. The van der Waals surface area contributed by atoms with Crippen LogP contribution in [0.15, 0.2) is 48.5 Å². The summed E-state index contributed by atoms with van der Waals surface area (Å²) in [4.78, 5) is 23.6. The second-order valence-electron chi connectivity index (χ2n) is 5.48. The maximum absolute atomic E-state index is 13.1. The second-order valence-corrected chi connectivity index (χ2v) is 5.48. The molecule has 2 atom stereocenters. The van der Waals surface area contributed by atoms with E-state index in [4.69, 9.17) is 10.5 Å². The van der Waals surface area contributed by atoms with E-state index < -0.39 is 23.9 Å². The van der Waals surface area contributed by atoms with Gasteiger partial charge in [-0.25, -0.2) is 4.39 Å². The zero-order chi connectivity index (χ0) is 18.4.